The maximum absolute atomic E-state index is 13.9. The molecule has 0 aliphatic carbocycles. The topological polar surface area (TPSA) is 63.7 Å². The van der Waals surface area contributed by atoms with Gasteiger partial charge in [-0.25, -0.2) is 0 Å². The number of nitrogens with one attached hydrogen (secondary N) is 1. The minimum Gasteiger partial charge on any atom is -0.497 e. The summed E-state index contributed by atoms with van der Waals surface area (Å²) in [5.41, 5.74) is 1.79. The quantitative estimate of drug-likeness (QED) is 0.538. The second kappa shape index (κ2) is 11.5. The number of nitrogens with zero attached hydrogens (tertiary/aromatic N) is 2. The van der Waals surface area contributed by atoms with Crippen molar-refractivity contribution in [3.63, 3.8) is 0 Å². The number of methoxy groups -OCH3 is 1. The summed E-state index contributed by atoms with van der Waals surface area (Å²) in [7, 11) is 1.65. The Labute approximate surface area is 195 Å². The smallest absolute Gasteiger partial charge is 0.226 e. The SMILES string of the molecule is COc1cccc(C(c2ccccn2)N(CCOc2ccccc2)C(=O)C2CCNCC2)c1. The van der Waals surface area contributed by atoms with Gasteiger partial charge in [-0.1, -0.05) is 36.4 Å². The molecule has 1 unspecified atom stereocenters. The number of pyridine rings is 1. The molecule has 1 saturated heterocycles. The standard InChI is InChI=1S/C27H31N3O3/c1-32-24-11-7-8-22(20-24)26(25-12-5-6-15-29-25)30(27(31)21-13-16-28-17-14-21)18-19-33-23-9-3-2-4-10-23/h2-12,15,20-21,26,28H,13-14,16-19H2,1H3. The molecule has 1 fully saturated rings. The normalized spacial score (nSPS) is 14.9. The van der Waals surface area contributed by atoms with E-state index in [4.69, 9.17) is 9.47 Å². The molecule has 0 bridgehead atoms. The average molecular weight is 446 g/mol. The molecule has 4 rings (SSSR count). The van der Waals surface area contributed by atoms with Crippen LogP contribution in [0.4, 0.5) is 0 Å². The molecular weight excluding hydrogens is 414 g/mol. The molecule has 1 aromatic heterocycles. The van der Waals surface area contributed by atoms with Gasteiger partial charge in [-0.3, -0.25) is 9.78 Å². The van der Waals surface area contributed by atoms with Crippen molar-refractivity contribution >= 4 is 5.91 Å². The van der Waals surface area contributed by atoms with E-state index in [1.807, 2.05) is 77.7 Å². The van der Waals surface area contributed by atoms with Crippen LogP contribution in [0.2, 0.25) is 0 Å². The molecule has 1 N–H and O–H groups in total. The average Bonchev–Trinajstić information content (AvgIpc) is 2.89. The van der Waals surface area contributed by atoms with Gasteiger partial charge in [-0.2, -0.15) is 0 Å². The van der Waals surface area contributed by atoms with Crippen LogP contribution in [0.5, 0.6) is 11.5 Å². The second-order valence-electron chi connectivity index (χ2n) is 8.15. The fraction of sp³-hybridized carbons (Fsp3) is 0.333. The maximum atomic E-state index is 13.9. The van der Waals surface area contributed by atoms with Gasteiger partial charge in [0.05, 0.1) is 25.4 Å². The fourth-order valence-corrected chi connectivity index (χ4v) is 4.31. The van der Waals surface area contributed by atoms with Gasteiger partial charge in [0.2, 0.25) is 5.91 Å². The van der Waals surface area contributed by atoms with Crippen molar-refractivity contribution in [2.75, 3.05) is 33.4 Å². The third-order valence-electron chi connectivity index (χ3n) is 6.00. The van der Waals surface area contributed by atoms with Crippen molar-refractivity contribution in [2.45, 2.75) is 18.9 Å². The van der Waals surface area contributed by atoms with Crippen molar-refractivity contribution in [3.8, 4) is 11.5 Å². The summed E-state index contributed by atoms with van der Waals surface area (Å²) < 4.78 is 11.5. The molecule has 6 nitrogen and oxygen atoms in total. The van der Waals surface area contributed by atoms with Crippen LogP contribution in [0, 0.1) is 5.92 Å². The van der Waals surface area contributed by atoms with Gasteiger partial charge in [-0.05, 0) is 67.9 Å². The van der Waals surface area contributed by atoms with Crippen molar-refractivity contribution in [1.82, 2.24) is 15.2 Å². The Kier molecular flexibility index (Phi) is 7.93. The lowest BCUT2D eigenvalue weighted by Gasteiger charge is -2.35. The van der Waals surface area contributed by atoms with Gasteiger partial charge in [0, 0.05) is 12.1 Å². The number of aromatic nitrogens is 1. The third-order valence-corrected chi connectivity index (χ3v) is 6.00. The number of benzene rings is 2. The van der Waals surface area contributed by atoms with E-state index in [9.17, 15) is 4.79 Å². The van der Waals surface area contributed by atoms with E-state index < -0.39 is 0 Å². The lowest BCUT2D eigenvalue weighted by atomic mass is 9.93. The minimum atomic E-state index is -0.331. The summed E-state index contributed by atoms with van der Waals surface area (Å²) in [6.07, 6.45) is 3.44. The Morgan fingerprint density at radius 2 is 1.79 bits per heavy atom. The fourth-order valence-electron chi connectivity index (χ4n) is 4.31. The summed E-state index contributed by atoms with van der Waals surface area (Å²) >= 11 is 0. The first kappa shape index (κ1) is 22.8. The largest absolute Gasteiger partial charge is 0.497 e. The molecule has 2 heterocycles. The highest BCUT2D eigenvalue weighted by Crippen LogP contribution is 2.32. The summed E-state index contributed by atoms with van der Waals surface area (Å²) in [6, 6.07) is 23.1. The number of piperidine rings is 1. The molecule has 33 heavy (non-hydrogen) atoms. The molecular formula is C27H31N3O3. The Balaban J connectivity index is 1.67. The zero-order valence-electron chi connectivity index (χ0n) is 19.0. The van der Waals surface area contributed by atoms with Crippen LogP contribution in [0.1, 0.15) is 30.1 Å². The molecule has 0 saturated carbocycles. The molecule has 3 aromatic rings. The second-order valence-corrected chi connectivity index (χ2v) is 8.15. The van der Waals surface area contributed by atoms with Crippen LogP contribution in [-0.2, 0) is 4.79 Å². The van der Waals surface area contributed by atoms with E-state index in [0.717, 1.165) is 48.7 Å². The van der Waals surface area contributed by atoms with Crippen LogP contribution in [0.25, 0.3) is 0 Å². The number of carbonyl (C=O) groups is 1. The van der Waals surface area contributed by atoms with Crippen molar-refractivity contribution < 1.29 is 14.3 Å². The molecule has 0 spiro atoms. The Morgan fingerprint density at radius 3 is 2.52 bits per heavy atom. The number of hydrogen-bond acceptors (Lipinski definition) is 5. The highest BCUT2D eigenvalue weighted by atomic mass is 16.5. The van der Waals surface area contributed by atoms with E-state index in [0.29, 0.717) is 13.2 Å². The number of ether oxygens (including phenoxy) is 2. The van der Waals surface area contributed by atoms with Crippen LogP contribution < -0.4 is 14.8 Å². The molecule has 172 valence electrons. The van der Waals surface area contributed by atoms with Gasteiger partial charge < -0.3 is 19.7 Å². The van der Waals surface area contributed by atoms with E-state index in [2.05, 4.69) is 10.3 Å². The summed E-state index contributed by atoms with van der Waals surface area (Å²) in [4.78, 5) is 20.4. The van der Waals surface area contributed by atoms with Crippen LogP contribution >= 0.6 is 0 Å². The van der Waals surface area contributed by atoms with Crippen LogP contribution in [-0.4, -0.2) is 49.1 Å². The number of hydrogen-bond donors (Lipinski definition) is 1. The summed E-state index contributed by atoms with van der Waals surface area (Å²) in [6.45, 7) is 2.57. The van der Waals surface area contributed by atoms with E-state index in [1.54, 1.807) is 13.3 Å². The third kappa shape index (κ3) is 5.90. The number of para-hydroxylation sites is 1. The highest BCUT2D eigenvalue weighted by molar-refractivity contribution is 5.80. The molecule has 1 aliphatic heterocycles. The molecule has 2 aromatic carbocycles. The summed E-state index contributed by atoms with van der Waals surface area (Å²) in [5, 5.41) is 3.36. The van der Waals surface area contributed by atoms with Gasteiger partial charge in [0.1, 0.15) is 18.1 Å². The van der Waals surface area contributed by atoms with Gasteiger partial charge in [0.15, 0.2) is 0 Å². The zero-order chi connectivity index (χ0) is 22.9. The first-order valence-corrected chi connectivity index (χ1v) is 11.5. The molecule has 1 atom stereocenters. The van der Waals surface area contributed by atoms with Gasteiger partial charge in [0.25, 0.3) is 0 Å². The van der Waals surface area contributed by atoms with Gasteiger partial charge in [-0.15, -0.1) is 0 Å². The van der Waals surface area contributed by atoms with Crippen LogP contribution in [0.15, 0.2) is 79.0 Å². The Hall–Kier alpha value is -3.38. The monoisotopic (exact) mass is 445 g/mol. The van der Waals surface area contributed by atoms with Crippen molar-refractivity contribution in [3.05, 3.63) is 90.3 Å². The van der Waals surface area contributed by atoms with Gasteiger partial charge >= 0.3 is 0 Å². The number of amides is 1. The molecule has 1 aliphatic rings. The maximum Gasteiger partial charge on any atom is 0.226 e. The Bertz CT molecular complexity index is 1010. The summed E-state index contributed by atoms with van der Waals surface area (Å²) in [5.74, 6) is 1.68. The number of carbonyl (C=O) groups excluding carboxylic acids is 1. The Morgan fingerprint density at radius 1 is 1.03 bits per heavy atom. The van der Waals surface area contributed by atoms with Crippen molar-refractivity contribution in [2.24, 2.45) is 5.92 Å². The van der Waals surface area contributed by atoms with Crippen LogP contribution in [0.3, 0.4) is 0 Å². The lowest BCUT2D eigenvalue weighted by Crippen LogP contribution is -2.45. The van der Waals surface area contributed by atoms with E-state index in [-0.39, 0.29) is 17.9 Å². The highest BCUT2D eigenvalue weighted by Gasteiger charge is 2.33. The lowest BCUT2D eigenvalue weighted by molar-refractivity contribution is -0.138. The van der Waals surface area contributed by atoms with E-state index in [1.165, 1.54) is 0 Å². The predicted octanol–water partition coefficient (Wildman–Crippen LogP) is 4.09. The zero-order valence-corrected chi connectivity index (χ0v) is 19.0. The molecule has 6 heteroatoms. The first-order chi connectivity index (χ1) is 16.3. The molecule has 0 radical (unpaired) electrons. The number of rotatable bonds is 9. The first-order valence-electron chi connectivity index (χ1n) is 11.5. The minimum absolute atomic E-state index is 0.0141. The van der Waals surface area contributed by atoms with E-state index >= 15 is 0 Å². The van der Waals surface area contributed by atoms with Crippen molar-refractivity contribution in [1.29, 1.82) is 0 Å². The predicted molar refractivity (Wildman–Crippen MR) is 128 cm³/mol. The molecule has 1 amide bonds.